The van der Waals surface area contributed by atoms with Crippen LogP contribution in [0.3, 0.4) is 0 Å². The van der Waals surface area contributed by atoms with Gasteiger partial charge in [0.2, 0.25) is 5.91 Å². The number of hydrogen-bond acceptors (Lipinski definition) is 5. The largest absolute Gasteiger partial charge is 0.377 e. The summed E-state index contributed by atoms with van der Waals surface area (Å²) in [6.07, 6.45) is 3.20. The molecule has 1 atom stereocenters. The lowest BCUT2D eigenvalue weighted by atomic mass is 10.1. The Bertz CT molecular complexity index is 519. The monoisotopic (exact) mass is 291 g/mol. The Hall–Kier alpha value is -1.95. The van der Waals surface area contributed by atoms with Crippen LogP contribution in [0.15, 0.2) is 12.3 Å². The fraction of sp³-hybridized carbons (Fsp3) is 0.533. The van der Waals surface area contributed by atoms with Crippen molar-refractivity contribution in [1.29, 1.82) is 0 Å². The molecular weight excluding hydrogens is 270 g/mol. The summed E-state index contributed by atoms with van der Waals surface area (Å²) in [5.41, 5.74) is 1.42. The standard InChI is InChI=1S/C15H21N3O3/c1-3-4-16-15(20)13-10-21-6-5-18(13)14-11(2)7-12(9-19)8-17-14/h7-9,13H,3-6,10H2,1-2H3,(H,16,20). The third kappa shape index (κ3) is 3.58. The van der Waals surface area contributed by atoms with Crippen molar-refractivity contribution in [3.8, 4) is 0 Å². The smallest absolute Gasteiger partial charge is 0.245 e. The van der Waals surface area contributed by atoms with Crippen molar-refractivity contribution in [2.24, 2.45) is 0 Å². The third-order valence-electron chi connectivity index (χ3n) is 3.46. The average molecular weight is 291 g/mol. The molecule has 1 aromatic heterocycles. The van der Waals surface area contributed by atoms with Crippen molar-refractivity contribution in [3.05, 3.63) is 23.4 Å². The van der Waals surface area contributed by atoms with Crippen LogP contribution in [0.25, 0.3) is 0 Å². The number of nitrogens with zero attached hydrogens (tertiary/aromatic N) is 2. The van der Waals surface area contributed by atoms with Gasteiger partial charge in [-0.1, -0.05) is 6.92 Å². The molecule has 1 aliphatic rings. The number of anilines is 1. The Morgan fingerprint density at radius 2 is 2.43 bits per heavy atom. The Kier molecular flexibility index (Phi) is 5.27. The van der Waals surface area contributed by atoms with Crippen LogP contribution in [0.5, 0.6) is 0 Å². The maximum atomic E-state index is 12.3. The molecule has 6 heteroatoms. The van der Waals surface area contributed by atoms with Gasteiger partial charge in [0.1, 0.15) is 11.9 Å². The Morgan fingerprint density at radius 1 is 1.62 bits per heavy atom. The van der Waals surface area contributed by atoms with Gasteiger partial charge in [-0.2, -0.15) is 0 Å². The maximum absolute atomic E-state index is 12.3. The normalized spacial score (nSPS) is 18.4. The van der Waals surface area contributed by atoms with Gasteiger partial charge in [0, 0.05) is 24.8 Å². The van der Waals surface area contributed by atoms with Crippen LogP contribution < -0.4 is 10.2 Å². The predicted molar refractivity (Wildman–Crippen MR) is 79.6 cm³/mol. The molecule has 1 fully saturated rings. The minimum absolute atomic E-state index is 0.0442. The second-order valence-electron chi connectivity index (χ2n) is 5.10. The van der Waals surface area contributed by atoms with Crippen LogP contribution >= 0.6 is 0 Å². The minimum Gasteiger partial charge on any atom is -0.377 e. The van der Waals surface area contributed by atoms with E-state index in [0.717, 1.165) is 24.1 Å². The van der Waals surface area contributed by atoms with E-state index in [0.29, 0.717) is 31.9 Å². The number of rotatable bonds is 5. The zero-order valence-corrected chi connectivity index (χ0v) is 12.5. The molecule has 1 aliphatic heterocycles. The van der Waals surface area contributed by atoms with E-state index >= 15 is 0 Å². The highest BCUT2D eigenvalue weighted by atomic mass is 16.5. The van der Waals surface area contributed by atoms with E-state index < -0.39 is 0 Å². The van der Waals surface area contributed by atoms with E-state index in [1.54, 1.807) is 6.07 Å². The number of ether oxygens (including phenoxy) is 1. The summed E-state index contributed by atoms with van der Waals surface area (Å²) in [4.78, 5) is 29.4. The van der Waals surface area contributed by atoms with Crippen LogP contribution in [-0.4, -0.2) is 49.5 Å². The lowest BCUT2D eigenvalue weighted by molar-refractivity contribution is -0.124. The van der Waals surface area contributed by atoms with E-state index in [1.807, 2.05) is 18.7 Å². The van der Waals surface area contributed by atoms with Gasteiger partial charge in [0.15, 0.2) is 6.29 Å². The molecule has 0 spiro atoms. The number of aryl methyl sites for hydroxylation is 1. The molecular formula is C15H21N3O3. The summed E-state index contributed by atoms with van der Waals surface area (Å²) in [5.74, 6) is 0.692. The SMILES string of the molecule is CCCNC(=O)C1COCCN1c1ncc(C=O)cc1C. The summed E-state index contributed by atoms with van der Waals surface area (Å²) < 4.78 is 5.43. The molecule has 0 bridgehead atoms. The van der Waals surface area contributed by atoms with Gasteiger partial charge in [0.25, 0.3) is 0 Å². The maximum Gasteiger partial charge on any atom is 0.245 e. The topological polar surface area (TPSA) is 71.5 Å². The highest BCUT2D eigenvalue weighted by Crippen LogP contribution is 2.22. The fourth-order valence-electron chi connectivity index (χ4n) is 2.39. The fourth-order valence-corrected chi connectivity index (χ4v) is 2.39. The summed E-state index contributed by atoms with van der Waals surface area (Å²) in [7, 11) is 0. The molecule has 1 saturated heterocycles. The van der Waals surface area contributed by atoms with Crippen LogP contribution in [0.2, 0.25) is 0 Å². The van der Waals surface area contributed by atoms with E-state index in [2.05, 4.69) is 10.3 Å². The molecule has 2 rings (SSSR count). The summed E-state index contributed by atoms with van der Waals surface area (Å²) in [6, 6.07) is 1.41. The second kappa shape index (κ2) is 7.17. The van der Waals surface area contributed by atoms with Gasteiger partial charge in [0.05, 0.1) is 13.2 Å². The van der Waals surface area contributed by atoms with Crippen LogP contribution in [-0.2, 0) is 9.53 Å². The first-order valence-electron chi connectivity index (χ1n) is 7.21. The molecule has 1 unspecified atom stereocenters. The minimum atomic E-state index is -0.376. The van der Waals surface area contributed by atoms with E-state index in [1.165, 1.54) is 6.20 Å². The number of carbonyl (C=O) groups excluding carboxylic acids is 2. The molecule has 0 aromatic carbocycles. The lowest BCUT2D eigenvalue weighted by Crippen LogP contribution is -2.54. The molecule has 1 aromatic rings. The molecule has 1 amide bonds. The van der Waals surface area contributed by atoms with E-state index in [9.17, 15) is 9.59 Å². The molecule has 0 saturated carbocycles. The van der Waals surface area contributed by atoms with Crippen molar-refractivity contribution in [2.45, 2.75) is 26.3 Å². The number of aldehydes is 1. The molecule has 2 heterocycles. The number of carbonyl (C=O) groups is 2. The zero-order valence-electron chi connectivity index (χ0n) is 12.5. The highest BCUT2D eigenvalue weighted by molar-refractivity contribution is 5.85. The number of morpholine rings is 1. The predicted octanol–water partition coefficient (Wildman–Crippen LogP) is 0.934. The average Bonchev–Trinajstić information content (AvgIpc) is 2.52. The van der Waals surface area contributed by atoms with Crippen LogP contribution in [0.4, 0.5) is 5.82 Å². The summed E-state index contributed by atoms with van der Waals surface area (Å²) in [5, 5.41) is 2.90. The molecule has 114 valence electrons. The Morgan fingerprint density at radius 3 is 3.10 bits per heavy atom. The van der Waals surface area contributed by atoms with E-state index in [4.69, 9.17) is 4.74 Å². The van der Waals surface area contributed by atoms with Crippen LogP contribution in [0, 0.1) is 6.92 Å². The van der Waals surface area contributed by atoms with Gasteiger partial charge in [-0.05, 0) is 25.0 Å². The first kappa shape index (κ1) is 15.4. The van der Waals surface area contributed by atoms with Crippen LogP contribution in [0.1, 0.15) is 29.3 Å². The Labute approximate surface area is 124 Å². The first-order valence-corrected chi connectivity index (χ1v) is 7.21. The lowest BCUT2D eigenvalue weighted by Gasteiger charge is -2.36. The molecule has 0 radical (unpaired) electrons. The summed E-state index contributed by atoms with van der Waals surface area (Å²) in [6.45, 7) is 6.09. The number of hydrogen-bond donors (Lipinski definition) is 1. The van der Waals surface area contributed by atoms with Crippen molar-refractivity contribution < 1.29 is 14.3 Å². The van der Waals surface area contributed by atoms with Gasteiger partial charge in [-0.15, -0.1) is 0 Å². The quantitative estimate of drug-likeness (QED) is 0.817. The van der Waals surface area contributed by atoms with Crippen molar-refractivity contribution in [3.63, 3.8) is 0 Å². The molecule has 6 nitrogen and oxygen atoms in total. The number of amides is 1. The van der Waals surface area contributed by atoms with Gasteiger partial charge < -0.3 is 15.0 Å². The van der Waals surface area contributed by atoms with Gasteiger partial charge in [-0.25, -0.2) is 4.98 Å². The molecule has 1 N–H and O–H groups in total. The molecule has 0 aliphatic carbocycles. The zero-order chi connectivity index (χ0) is 15.2. The number of pyridine rings is 1. The third-order valence-corrected chi connectivity index (χ3v) is 3.46. The highest BCUT2D eigenvalue weighted by Gasteiger charge is 2.30. The second-order valence-corrected chi connectivity index (χ2v) is 5.10. The van der Waals surface area contributed by atoms with Crippen molar-refractivity contribution in [1.82, 2.24) is 10.3 Å². The number of aromatic nitrogens is 1. The Balaban J connectivity index is 2.22. The van der Waals surface area contributed by atoms with Gasteiger partial charge in [-0.3, -0.25) is 9.59 Å². The van der Waals surface area contributed by atoms with E-state index in [-0.39, 0.29) is 11.9 Å². The molecule has 21 heavy (non-hydrogen) atoms. The first-order chi connectivity index (χ1) is 10.2. The number of nitrogens with one attached hydrogen (secondary N) is 1. The van der Waals surface area contributed by atoms with Gasteiger partial charge >= 0.3 is 0 Å². The van der Waals surface area contributed by atoms with Crippen molar-refractivity contribution in [2.75, 3.05) is 31.2 Å². The summed E-state index contributed by atoms with van der Waals surface area (Å²) >= 11 is 0. The van der Waals surface area contributed by atoms with Crippen molar-refractivity contribution >= 4 is 18.0 Å².